The molecule has 6 heteroatoms. The molecule has 0 saturated heterocycles. The van der Waals surface area contributed by atoms with E-state index in [-0.39, 0.29) is 11.2 Å². The first-order chi connectivity index (χ1) is 9.20. The van der Waals surface area contributed by atoms with Crippen LogP contribution in [0.15, 0.2) is 38.6 Å². The Hall–Kier alpha value is -2.08. The summed E-state index contributed by atoms with van der Waals surface area (Å²) in [7, 11) is 0. The van der Waals surface area contributed by atoms with Crippen LogP contribution in [0.2, 0.25) is 0 Å². The maximum atomic E-state index is 11.6. The first-order valence-electron chi connectivity index (χ1n) is 6.26. The summed E-state index contributed by atoms with van der Waals surface area (Å²) in [5.74, 6) is 0.850. The molecule has 2 heterocycles. The van der Waals surface area contributed by atoms with Gasteiger partial charge >= 0.3 is 5.69 Å². The molecule has 2 rings (SSSR count). The highest BCUT2D eigenvalue weighted by atomic mass is 16.3. The van der Waals surface area contributed by atoms with Gasteiger partial charge in [0.15, 0.2) is 0 Å². The third-order valence-corrected chi connectivity index (χ3v) is 2.87. The van der Waals surface area contributed by atoms with E-state index in [1.807, 2.05) is 19.1 Å². The molecule has 2 aromatic rings. The van der Waals surface area contributed by atoms with E-state index < -0.39 is 0 Å². The summed E-state index contributed by atoms with van der Waals surface area (Å²) in [6, 6.07) is 3.71. The molecule has 0 aliphatic carbocycles. The van der Waals surface area contributed by atoms with Crippen molar-refractivity contribution in [3.63, 3.8) is 0 Å². The maximum Gasteiger partial charge on any atom is 0.328 e. The second-order valence-electron chi connectivity index (χ2n) is 4.22. The topological polar surface area (TPSA) is 80.0 Å². The van der Waals surface area contributed by atoms with E-state index in [1.54, 1.807) is 12.5 Å². The van der Waals surface area contributed by atoms with Crippen LogP contribution in [0.4, 0.5) is 0 Å². The monoisotopic (exact) mass is 263 g/mol. The lowest BCUT2D eigenvalue weighted by atomic mass is 10.3. The Morgan fingerprint density at radius 1 is 1.42 bits per heavy atom. The number of H-pyrrole nitrogens is 1. The van der Waals surface area contributed by atoms with Gasteiger partial charge in [0.25, 0.3) is 5.56 Å². The van der Waals surface area contributed by atoms with Gasteiger partial charge in [0.1, 0.15) is 5.76 Å². The normalized spacial score (nSPS) is 10.8. The molecule has 2 aromatic heterocycles. The first kappa shape index (κ1) is 13.4. The summed E-state index contributed by atoms with van der Waals surface area (Å²) in [4.78, 5) is 25.3. The fraction of sp³-hybridized carbons (Fsp3) is 0.385. The third kappa shape index (κ3) is 3.45. The fourth-order valence-electron chi connectivity index (χ4n) is 1.80. The quantitative estimate of drug-likeness (QED) is 0.743. The van der Waals surface area contributed by atoms with Crippen LogP contribution in [0, 0.1) is 0 Å². The predicted octanol–water partition coefficient (Wildman–Crippen LogP) is 0.482. The first-order valence-corrected chi connectivity index (χ1v) is 6.26. The van der Waals surface area contributed by atoms with Gasteiger partial charge in [-0.1, -0.05) is 6.92 Å². The molecule has 0 atom stereocenters. The molecule has 0 aromatic carbocycles. The summed E-state index contributed by atoms with van der Waals surface area (Å²) >= 11 is 0. The van der Waals surface area contributed by atoms with Crippen LogP contribution in [-0.2, 0) is 19.5 Å². The number of rotatable bonds is 6. The SMILES string of the molecule is CCc1cn(CCNCc2ccco2)c(=O)[nH]c1=O. The predicted molar refractivity (Wildman–Crippen MR) is 71.1 cm³/mol. The van der Waals surface area contributed by atoms with E-state index in [4.69, 9.17) is 4.42 Å². The van der Waals surface area contributed by atoms with Gasteiger partial charge in [0.05, 0.1) is 12.8 Å². The van der Waals surface area contributed by atoms with Gasteiger partial charge in [0, 0.05) is 24.8 Å². The summed E-state index contributed by atoms with van der Waals surface area (Å²) in [6.07, 6.45) is 3.85. The van der Waals surface area contributed by atoms with Gasteiger partial charge in [-0.15, -0.1) is 0 Å². The zero-order valence-electron chi connectivity index (χ0n) is 10.8. The van der Waals surface area contributed by atoms with Gasteiger partial charge in [-0.25, -0.2) is 4.79 Å². The number of nitrogens with one attached hydrogen (secondary N) is 2. The van der Waals surface area contributed by atoms with Crippen molar-refractivity contribution in [2.75, 3.05) is 6.54 Å². The number of nitrogens with zero attached hydrogens (tertiary/aromatic N) is 1. The second kappa shape index (κ2) is 6.19. The highest BCUT2D eigenvalue weighted by molar-refractivity contribution is 5.03. The Bertz CT molecular complexity index is 625. The number of hydrogen-bond donors (Lipinski definition) is 2. The lowest BCUT2D eigenvalue weighted by Gasteiger charge is -2.07. The van der Waals surface area contributed by atoms with Crippen LogP contribution in [0.1, 0.15) is 18.2 Å². The smallest absolute Gasteiger partial charge is 0.328 e. The van der Waals surface area contributed by atoms with Crippen molar-refractivity contribution in [3.8, 4) is 0 Å². The highest BCUT2D eigenvalue weighted by Crippen LogP contribution is 1.98. The van der Waals surface area contributed by atoms with Gasteiger partial charge in [-0.05, 0) is 18.6 Å². The second-order valence-corrected chi connectivity index (χ2v) is 4.22. The lowest BCUT2D eigenvalue weighted by Crippen LogP contribution is -2.34. The minimum absolute atomic E-state index is 0.299. The Labute approximate surface area is 110 Å². The summed E-state index contributed by atoms with van der Waals surface area (Å²) < 4.78 is 6.69. The van der Waals surface area contributed by atoms with Crippen LogP contribution in [0.3, 0.4) is 0 Å². The molecule has 0 saturated carbocycles. The van der Waals surface area contributed by atoms with Crippen molar-refractivity contribution in [1.82, 2.24) is 14.9 Å². The van der Waals surface area contributed by atoms with Crippen molar-refractivity contribution in [3.05, 3.63) is 56.8 Å². The van der Waals surface area contributed by atoms with Crippen LogP contribution >= 0.6 is 0 Å². The average Bonchev–Trinajstić information content (AvgIpc) is 2.90. The van der Waals surface area contributed by atoms with Crippen LogP contribution in [-0.4, -0.2) is 16.1 Å². The molecule has 0 spiro atoms. The van der Waals surface area contributed by atoms with Gasteiger partial charge < -0.3 is 9.73 Å². The number of aryl methyl sites for hydroxylation is 1. The molecule has 6 nitrogen and oxygen atoms in total. The summed E-state index contributed by atoms with van der Waals surface area (Å²) in [5.41, 5.74) is -0.0556. The van der Waals surface area contributed by atoms with Gasteiger partial charge in [0.2, 0.25) is 0 Å². The van der Waals surface area contributed by atoms with Crippen molar-refractivity contribution in [2.24, 2.45) is 0 Å². The number of aromatic nitrogens is 2. The van der Waals surface area contributed by atoms with Gasteiger partial charge in [-0.3, -0.25) is 14.3 Å². The summed E-state index contributed by atoms with van der Waals surface area (Å²) in [5, 5.41) is 3.17. The third-order valence-electron chi connectivity index (χ3n) is 2.87. The molecular weight excluding hydrogens is 246 g/mol. The molecule has 19 heavy (non-hydrogen) atoms. The Morgan fingerprint density at radius 3 is 2.95 bits per heavy atom. The molecule has 0 fully saturated rings. The van der Waals surface area contributed by atoms with E-state index >= 15 is 0 Å². The van der Waals surface area contributed by atoms with Crippen molar-refractivity contribution < 1.29 is 4.42 Å². The number of hydrogen-bond acceptors (Lipinski definition) is 4. The fourth-order valence-corrected chi connectivity index (χ4v) is 1.80. The van der Waals surface area contributed by atoms with Crippen LogP contribution < -0.4 is 16.6 Å². The molecule has 2 N–H and O–H groups in total. The van der Waals surface area contributed by atoms with Crippen LogP contribution in [0.25, 0.3) is 0 Å². The molecule has 0 aliphatic rings. The largest absolute Gasteiger partial charge is 0.468 e. The van der Waals surface area contributed by atoms with Crippen molar-refractivity contribution >= 4 is 0 Å². The van der Waals surface area contributed by atoms with E-state index in [9.17, 15) is 9.59 Å². The van der Waals surface area contributed by atoms with E-state index in [1.165, 1.54) is 4.57 Å². The van der Waals surface area contributed by atoms with E-state index in [0.29, 0.717) is 31.6 Å². The molecule has 0 aliphatic heterocycles. The Balaban J connectivity index is 1.92. The number of furan rings is 1. The zero-order valence-corrected chi connectivity index (χ0v) is 10.8. The highest BCUT2D eigenvalue weighted by Gasteiger charge is 2.02. The van der Waals surface area contributed by atoms with Crippen molar-refractivity contribution in [2.45, 2.75) is 26.4 Å². The van der Waals surface area contributed by atoms with E-state index in [2.05, 4.69) is 10.3 Å². The molecule has 0 unspecified atom stereocenters. The molecule has 0 bridgehead atoms. The maximum absolute atomic E-state index is 11.6. The number of aromatic amines is 1. The standard InChI is InChI=1S/C13H17N3O3/c1-2-10-9-16(13(18)15-12(10)17)6-5-14-8-11-4-3-7-19-11/h3-4,7,9,14H,2,5-6,8H2,1H3,(H,15,17,18). The molecular formula is C13H17N3O3. The van der Waals surface area contributed by atoms with Crippen LogP contribution in [0.5, 0.6) is 0 Å². The molecule has 102 valence electrons. The van der Waals surface area contributed by atoms with Crippen molar-refractivity contribution in [1.29, 1.82) is 0 Å². The molecule has 0 amide bonds. The average molecular weight is 263 g/mol. The molecule has 0 radical (unpaired) electrons. The summed E-state index contributed by atoms with van der Waals surface area (Å²) in [6.45, 7) is 3.62. The Kier molecular flexibility index (Phi) is 4.35. The zero-order chi connectivity index (χ0) is 13.7. The minimum atomic E-state index is -0.373. The Morgan fingerprint density at radius 2 is 2.26 bits per heavy atom. The van der Waals surface area contributed by atoms with E-state index in [0.717, 1.165) is 5.76 Å². The van der Waals surface area contributed by atoms with Gasteiger partial charge in [-0.2, -0.15) is 0 Å². The lowest BCUT2D eigenvalue weighted by molar-refractivity contribution is 0.473. The minimum Gasteiger partial charge on any atom is -0.468 e.